The minimum absolute atomic E-state index is 0.0676. The van der Waals surface area contributed by atoms with E-state index in [2.05, 4.69) is 24.3 Å². The molecular formula is C17H20O2. The van der Waals surface area contributed by atoms with Gasteiger partial charge in [-0.25, -0.2) is 0 Å². The standard InChI is InChI=1S/C17H20O2/c18-16(19)15-13-7-11-6-12(8-13)10-17(15,9-11)14-4-2-1-3-5-14/h1-5,11-13,15H,6-10H2,(H,18,19). The summed E-state index contributed by atoms with van der Waals surface area (Å²) in [6, 6.07) is 10.5. The Morgan fingerprint density at radius 3 is 2.26 bits per heavy atom. The van der Waals surface area contributed by atoms with Gasteiger partial charge in [-0.3, -0.25) is 4.79 Å². The summed E-state index contributed by atoms with van der Waals surface area (Å²) >= 11 is 0. The first-order valence-electron chi connectivity index (χ1n) is 7.47. The van der Waals surface area contributed by atoms with Crippen LogP contribution in [-0.4, -0.2) is 11.1 Å². The molecule has 0 aromatic heterocycles. The van der Waals surface area contributed by atoms with E-state index in [-0.39, 0.29) is 11.3 Å². The molecule has 4 fully saturated rings. The second-order valence-corrected chi connectivity index (χ2v) is 6.95. The zero-order chi connectivity index (χ0) is 13.0. The Labute approximate surface area is 113 Å². The number of benzene rings is 1. The molecule has 0 spiro atoms. The van der Waals surface area contributed by atoms with Gasteiger partial charge in [0.05, 0.1) is 5.92 Å². The second kappa shape index (κ2) is 3.84. The van der Waals surface area contributed by atoms with Gasteiger partial charge >= 0.3 is 5.97 Å². The highest BCUT2D eigenvalue weighted by Gasteiger charge is 2.60. The predicted molar refractivity (Wildman–Crippen MR) is 72.8 cm³/mol. The molecule has 4 aliphatic rings. The number of carboxylic acid groups (broad SMARTS) is 1. The molecule has 2 nitrogen and oxygen atoms in total. The first-order valence-corrected chi connectivity index (χ1v) is 7.47. The average molecular weight is 256 g/mol. The zero-order valence-corrected chi connectivity index (χ0v) is 11.1. The first-order chi connectivity index (χ1) is 9.19. The zero-order valence-electron chi connectivity index (χ0n) is 11.1. The van der Waals surface area contributed by atoms with Crippen molar-refractivity contribution in [1.82, 2.24) is 0 Å². The summed E-state index contributed by atoms with van der Waals surface area (Å²) in [5.41, 5.74) is 1.21. The summed E-state index contributed by atoms with van der Waals surface area (Å²) in [4.78, 5) is 11.9. The van der Waals surface area contributed by atoms with Crippen molar-refractivity contribution in [2.24, 2.45) is 23.7 Å². The molecule has 0 amide bonds. The van der Waals surface area contributed by atoms with E-state index in [1.165, 1.54) is 12.0 Å². The molecule has 0 aliphatic heterocycles. The molecule has 100 valence electrons. The average Bonchev–Trinajstić information content (AvgIpc) is 2.38. The lowest BCUT2D eigenvalue weighted by Gasteiger charge is -2.60. The van der Waals surface area contributed by atoms with Crippen molar-refractivity contribution in [3.8, 4) is 0 Å². The van der Waals surface area contributed by atoms with Gasteiger partial charge in [-0.1, -0.05) is 30.3 Å². The summed E-state index contributed by atoms with van der Waals surface area (Å²) < 4.78 is 0. The van der Waals surface area contributed by atoms with Gasteiger partial charge in [0, 0.05) is 5.41 Å². The monoisotopic (exact) mass is 256 g/mol. The quantitative estimate of drug-likeness (QED) is 0.879. The summed E-state index contributed by atoms with van der Waals surface area (Å²) in [5.74, 6) is 1.25. The Kier molecular flexibility index (Phi) is 2.33. The number of carboxylic acids is 1. The van der Waals surface area contributed by atoms with Crippen molar-refractivity contribution in [1.29, 1.82) is 0 Å². The van der Waals surface area contributed by atoms with Crippen LogP contribution in [0.15, 0.2) is 30.3 Å². The largest absolute Gasteiger partial charge is 0.481 e. The summed E-state index contributed by atoms with van der Waals surface area (Å²) in [6.07, 6.45) is 5.85. The Balaban J connectivity index is 1.85. The van der Waals surface area contributed by atoms with Crippen LogP contribution in [0.5, 0.6) is 0 Å². The van der Waals surface area contributed by atoms with Crippen LogP contribution in [0.1, 0.15) is 37.7 Å². The highest BCUT2D eigenvalue weighted by atomic mass is 16.4. The lowest BCUT2D eigenvalue weighted by atomic mass is 9.43. The first kappa shape index (κ1) is 11.5. The highest BCUT2D eigenvalue weighted by molar-refractivity contribution is 5.73. The Hall–Kier alpha value is -1.31. The lowest BCUT2D eigenvalue weighted by Crippen LogP contribution is -2.57. The van der Waals surface area contributed by atoms with Crippen LogP contribution in [0.25, 0.3) is 0 Å². The smallest absolute Gasteiger partial charge is 0.307 e. The summed E-state index contributed by atoms with van der Waals surface area (Å²) in [6.45, 7) is 0. The minimum atomic E-state index is -0.562. The highest BCUT2D eigenvalue weighted by Crippen LogP contribution is 2.63. The van der Waals surface area contributed by atoms with Crippen LogP contribution in [0.2, 0.25) is 0 Å². The van der Waals surface area contributed by atoms with E-state index in [9.17, 15) is 9.90 Å². The molecule has 0 radical (unpaired) electrons. The Morgan fingerprint density at radius 2 is 1.68 bits per heavy atom. The third kappa shape index (κ3) is 1.52. The van der Waals surface area contributed by atoms with Crippen molar-refractivity contribution in [3.05, 3.63) is 35.9 Å². The summed E-state index contributed by atoms with van der Waals surface area (Å²) in [7, 11) is 0. The fourth-order valence-electron chi connectivity index (χ4n) is 5.66. The molecule has 3 atom stereocenters. The molecule has 4 saturated carbocycles. The van der Waals surface area contributed by atoms with Crippen molar-refractivity contribution < 1.29 is 9.90 Å². The minimum Gasteiger partial charge on any atom is -0.481 e. The van der Waals surface area contributed by atoms with Crippen LogP contribution >= 0.6 is 0 Å². The fraction of sp³-hybridized carbons (Fsp3) is 0.588. The molecule has 0 saturated heterocycles. The molecule has 5 rings (SSSR count). The number of rotatable bonds is 2. The third-order valence-corrected chi connectivity index (χ3v) is 5.93. The molecule has 2 heteroatoms. The molecule has 1 N–H and O–H groups in total. The van der Waals surface area contributed by atoms with Crippen LogP contribution < -0.4 is 0 Å². The number of hydrogen-bond donors (Lipinski definition) is 1. The van der Waals surface area contributed by atoms with Gasteiger partial charge in [0.1, 0.15) is 0 Å². The van der Waals surface area contributed by atoms with E-state index < -0.39 is 5.97 Å². The van der Waals surface area contributed by atoms with Gasteiger partial charge in [-0.15, -0.1) is 0 Å². The van der Waals surface area contributed by atoms with Gasteiger partial charge in [0.2, 0.25) is 0 Å². The van der Waals surface area contributed by atoms with Crippen molar-refractivity contribution in [2.75, 3.05) is 0 Å². The van der Waals surface area contributed by atoms with Crippen molar-refractivity contribution >= 4 is 5.97 Å². The Morgan fingerprint density at radius 1 is 1.05 bits per heavy atom. The lowest BCUT2D eigenvalue weighted by molar-refractivity contribution is -0.159. The van der Waals surface area contributed by atoms with Crippen LogP contribution in [0.4, 0.5) is 0 Å². The van der Waals surface area contributed by atoms with Crippen LogP contribution in [-0.2, 0) is 10.2 Å². The molecule has 4 bridgehead atoms. The van der Waals surface area contributed by atoms with Gasteiger partial charge in [0.25, 0.3) is 0 Å². The van der Waals surface area contributed by atoms with E-state index in [0.717, 1.165) is 37.5 Å². The Bertz CT molecular complexity index is 493. The van der Waals surface area contributed by atoms with Crippen molar-refractivity contribution in [2.45, 2.75) is 37.5 Å². The van der Waals surface area contributed by atoms with Crippen LogP contribution in [0, 0.1) is 23.7 Å². The molecule has 1 aromatic rings. The van der Waals surface area contributed by atoms with E-state index in [1.54, 1.807) is 0 Å². The predicted octanol–water partition coefficient (Wildman–Crippen LogP) is 3.47. The SMILES string of the molecule is O=C(O)C1C2CC3CC(C2)CC1(c1ccccc1)C3. The fourth-order valence-corrected chi connectivity index (χ4v) is 5.66. The van der Waals surface area contributed by atoms with E-state index in [1.807, 2.05) is 6.07 Å². The molecule has 3 unspecified atom stereocenters. The van der Waals surface area contributed by atoms with E-state index >= 15 is 0 Å². The van der Waals surface area contributed by atoms with Gasteiger partial charge < -0.3 is 5.11 Å². The van der Waals surface area contributed by atoms with Gasteiger partial charge in [-0.05, 0) is 55.4 Å². The van der Waals surface area contributed by atoms with Gasteiger partial charge in [0.15, 0.2) is 0 Å². The third-order valence-electron chi connectivity index (χ3n) is 5.93. The molecular weight excluding hydrogens is 236 g/mol. The molecule has 1 aromatic carbocycles. The maximum Gasteiger partial charge on any atom is 0.307 e. The second-order valence-electron chi connectivity index (χ2n) is 6.95. The molecule has 0 heterocycles. The van der Waals surface area contributed by atoms with Crippen molar-refractivity contribution in [3.63, 3.8) is 0 Å². The summed E-state index contributed by atoms with van der Waals surface area (Å²) in [5, 5.41) is 9.77. The van der Waals surface area contributed by atoms with E-state index in [0.29, 0.717) is 5.92 Å². The maximum absolute atomic E-state index is 11.9. The topological polar surface area (TPSA) is 37.3 Å². The van der Waals surface area contributed by atoms with Crippen LogP contribution in [0.3, 0.4) is 0 Å². The normalized spacial score (nSPS) is 43.4. The van der Waals surface area contributed by atoms with E-state index in [4.69, 9.17) is 0 Å². The number of carbonyl (C=O) groups is 1. The number of hydrogen-bond acceptors (Lipinski definition) is 1. The van der Waals surface area contributed by atoms with Gasteiger partial charge in [-0.2, -0.15) is 0 Å². The molecule has 4 aliphatic carbocycles. The maximum atomic E-state index is 11.9. The number of aliphatic carboxylic acids is 1. The molecule has 19 heavy (non-hydrogen) atoms.